The first-order valence-electron chi connectivity index (χ1n) is 6.71. The molecule has 0 spiro atoms. The van der Waals surface area contributed by atoms with Gasteiger partial charge in [0.2, 0.25) is 0 Å². The fourth-order valence-electron chi connectivity index (χ4n) is 1.71. The molecule has 0 radical (unpaired) electrons. The summed E-state index contributed by atoms with van der Waals surface area (Å²) in [6.07, 6.45) is 0.116. The number of halogens is 1. The minimum Gasteiger partial charge on any atom is -0.446 e. The summed E-state index contributed by atoms with van der Waals surface area (Å²) in [5, 5.41) is 6.62. The molecule has 1 heterocycles. The number of rotatable bonds is 4. The highest BCUT2D eigenvalue weighted by molar-refractivity contribution is 9.10. The van der Waals surface area contributed by atoms with Gasteiger partial charge in [-0.3, -0.25) is 5.32 Å². The van der Waals surface area contributed by atoms with Crippen molar-refractivity contribution >= 4 is 27.7 Å². The fourth-order valence-corrected chi connectivity index (χ4v) is 1.98. The topological polar surface area (TPSA) is 64.4 Å². The zero-order chi connectivity index (χ0) is 15.4. The molecule has 21 heavy (non-hydrogen) atoms. The second kappa shape index (κ2) is 6.76. The van der Waals surface area contributed by atoms with Gasteiger partial charge < -0.3 is 9.26 Å². The summed E-state index contributed by atoms with van der Waals surface area (Å²) in [7, 11) is 0. The van der Waals surface area contributed by atoms with Crippen molar-refractivity contribution in [2.24, 2.45) is 0 Å². The van der Waals surface area contributed by atoms with Crippen molar-refractivity contribution in [2.75, 3.05) is 5.32 Å². The van der Waals surface area contributed by atoms with Crippen molar-refractivity contribution in [3.05, 3.63) is 34.4 Å². The van der Waals surface area contributed by atoms with Crippen LogP contribution in [0.25, 0.3) is 11.3 Å². The Morgan fingerprint density at radius 1 is 1.43 bits per heavy atom. The highest BCUT2D eigenvalue weighted by atomic mass is 79.9. The minimum atomic E-state index is -0.506. The van der Waals surface area contributed by atoms with Crippen LogP contribution >= 0.6 is 15.9 Å². The van der Waals surface area contributed by atoms with E-state index in [1.165, 1.54) is 0 Å². The molecule has 6 heteroatoms. The van der Waals surface area contributed by atoms with Gasteiger partial charge in [-0.1, -0.05) is 28.0 Å². The number of nitrogens with one attached hydrogen (secondary N) is 1. The maximum atomic E-state index is 11.9. The fraction of sp³-hybridized carbons (Fsp3) is 0.333. The molecule has 1 aromatic heterocycles. The van der Waals surface area contributed by atoms with Crippen molar-refractivity contribution < 1.29 is 14.1 Å². The third-order valence-corrected chi connectivity index (χ3v) is 3.61. The molecule has 5 nitrogen and oxygen atoms in total. The van der Waals surface area contributed by atoms with E-state index < -0.39 is 6.09 Å². The van der Waals surface area contributed by atoms with Gasteiger partial charge in [0.05, 0.1) is 0 Å². The number of aromatic nitrogens is 1. The van der Waals surface area contributed by atoms with Crippen LogP contribution in [0, 0.1) is 6.92 Å². The summed E-state index contributed by atoms with van der Waals surface area (Å²) in [6, 6.07) is 7.56. The predicted molar refractivity (Wildman–Crippen MR) is 84.2 cm³/mol. The first-order valence-corrected chi connectivity index (χ1v) is 7.50. The van der Waals surface area contributed by atoms with E-state index in [0.29, 0.717) is 17.1 Å². The van der Waals surface area contributed by atoms with E-state index in [-0.39, 0.29) is 6.10 Å². The third kappa shape index (κ3) is 3.85. The molecule has 0 bridgehead atoms. The van der Waals surface area contributed by atoms with Crippen LogP contribution in [0.1, 0.15) is 26.0 Å². The minimum absolute atomic E-state index is 0.138. The highest BCUT2D eigenvalue weighted by Crippen LogP contribution is 2.31. The average Bonchev–Trinajstić information content (AvgIpc) is 2.81. The number of carbonyl (C=O) groups is 1. The maximum absolute atomic E-state index is 11.9. The largest absolute Gasteiger partial charge is 0.446 e. The van der Waals surface area contributed by atoms with E-state index in [9.17, 15) is 4.79 Å². The molecular formula is C15H17BrN2O3. The van der Waals surface area contributed by atoms with Crippen molar-refractivity contribution in [3.8, 4) is 11.3 Å². The Labute approximate surface area is 131 Å². The number of nitrogens with zero attached hydrogens (tertiary/aromatic N) is 1. The predicted octanol–water partition coefficient (Wildman–Crippen LogP) is 4.76. The summed E-state index contributed by atoms with van der Waals surface area (Å²) >= 11 is 3.38. The Balaban J connectivity index is 2.22. The number of hydrogen-bond donors (Lipinski definition) is 1. The van der Waals surface area contributed by atoms with Crippen LogP contribution in [0.2, 0.25) is 0 Å². The SMILES string of the molecule is CC[C@@H](C)OC(=O)Nc1c(C)noc1-c1ccc(Br)cc1. The van der Waals surface area contributed by atoms with Gasteiger partial charge >= 0.3 is 6.09 Å². The molecule has 2 rings (SSSR count). The standard InChI is InChI=1S/C15H17BrN2O3/c1-4-9(2)20-15(19)17-13-10(3)18-21-14(13)11-5-7-12(16)8-6-11/h5-9H,4H2,1-3H3,(H,17,19)/t9-/m1/s1. The normalized spacial score (nSPS) is 12.0. The van der Waals surface area contributed by atoms with Gasteiger partial charge in [0, 0.05) is 10.0 Å². The van der Waals surface area contributed by atoms with Gasteiger partial charge in [0.1, 0.15) is 17.5 Å². The maximum Gasteiger partial charge on any atom is 0.412 e. The molecule has 1 atom stereocenters. The van der Waals surface area contributed by atoms with Gasteiger partial charge in [-0.2, -0.15) is 0 Å². The van der Waals surface area contributed by atoms with Gasteiger partial charge in [0.15, 0.2) is 5.76 Å². The lowest BCUT2D eigenvalue weighted by molar-refractivity contribution is 0.118. The monoisotopic (exact) mass is 352 g/mol. The van der Waals surface area contributed by atoms with E-state index >= 15 is 0 Å². The van der Waals surface area contributed by atoms with Gasteiger partial charge in [-0.05, 0) is 44.5 Å². The lowest BCUT2D eigenvalue weighted by Crippen LogP contribution is -2.20. The van der Waals surface area contributed by atoms with Crippen LogP contribution in [0.4, 0.5) is 10.5 Å². The Morgan fingerprint density at radius 2 is 2.10 bits per heavy atom. The van der Waals surface area contributed by atoms with E-state index in [4.69, 9.17) is 9.26 Å². The summed E-state index contributed by atoms with van der Waals surface area (Å²) in [5.41, 5.74) is 1.97. The van der Waals surface area contributed by atoms with Crippen LogP contribution in [0.5, 0.6) is 0 Å². The summed E-state index contributed by atoms with van der Waals surface area (Å²) in [4.78, 5) is 11.9. The number of aryl methyl sites for hydroxylation is 1. The quantitative estimate of drug-likeness (QED) is 0.861. The summed E-state index contributed by atoms with van der Waals surface area (Å²) in [5.74, 6) is 0.515. The van der Waals surface area contributed by atoms with Crippen LogP contribution in [-0.2, 0) is 4.74 Å². The zero-order valence-electron chi connectivity index (χ0n) is 12.1. The van der Waals surface area contributed by atoms with E-state index in [2.05, 4.69) is 26.4 Å². The number of amides is 1. The molecule has 0 aliphatic rings. The second-order valence-corrected chi connectivity index (χ2v) is 5.64. The third-order valence-electron chi connectivity index (χ3n) is 3.08. The summed E-state index contributed by atoms with van der Waals surface area (Å²) in [6.45, 7) is 5.57. The first-order chi connectivity index (χ1) is 10.0. The van der Waals surface area contributed by atoms with Crippen molar-refractivity contribution in [2.45, 2.75) is 33.3 Å². The van der Waals surface area contributed by atoms with Crippen LogP contribution < -0.4 is 5.32 Å². The molecule has 0 aliphatic heterocycles. The number of anilines is 1. The highest BCUT2D eigenvalue weighted by Gasteiger charge is 2.18. The van der Waals surface area contributed by atoms with Crippen molar-refractivity contribution in [1.29, 1.82) is 0 Å². The van der Waals surface area contributed by atoms with Crippen LogP contribution in [0.15, 0.2) is 33.3 Å². The lowest BCUT2D eigenvalue weighted by atomic mass is 10.1. The molecule has 0 saturated carbocycles. The number of hydrogen-bond acceptors (Lipinski definition) is 4. The number of benzene rings is 1. The Morgan fingerprint density at radius 3 is 2.71 bits per heavy atom. The van der Waals surface area contributed by atoms with Crippen molar-refractivity contribution in [1.82, 2.24) is 5.16 Å². The number of carbonyl (C=O) groups excluding carboxylic acids is 1. The molecule has 0 unspecified atom stereocenters. The van der Waals surface area contributed by atoms with E-state index in [1.54, 1.807) is 6.92 Å². The molecule has 0 saturated heterocycles. The Hall–Kier alpha value is -1.82. The van der Waals surface area contributed by atoms with E-state index in [0.717, 1.165) is 16.5 Å². The zero-order valence-corrected chi connectivity index (χ0v) is 13.7. The molecular weight excluding hydrogens is 336 g/mol. The van der Waals surface area contributed by atoms with Gasteiger partial charge in [0.25, 0.3) is 0 Å². The molecule has 112 valence electrons. The smallest absolute Gasteiger partial charge is 0.412 e. The van der Waals surface area contributed by atoms with Crippen molar-refractivity contribution in [3.63, 3.8) is 0 Å². The summed E-state index contributed by atoms with van der Waals surface area (Å²) < 4.78 is 11.5. The molecule has 0 fully saturated rings. The Bertz CT molecular complexity index is 622. The van der Waals surface area contributed by atoms with E-state index in [1.807, 2.05) is 38.1 Å². The van der Waals surface area contributed by atoms with Gasteiger partial charge in [-0.15, -0.1) is 0 Å². The average molecular weight is 353 g/mol. The lowest BCUT2D eigenvalue weighted by Gasteiger charge is -2.11. The molecule has 1 amide bonds. The molecule has 0 aliphatic carbocycles. The Kier molecular flexibility index (Phi) is 5.01. The van der Waals surface area contributed by atoms with Gasteiger partial charge in [-0.25, -0.2) is 4.79 Å². The molecule has 1 N–H and O–H groups in total. The first kappa shape index (κ1) is 15.6. The van der Waals surface area contributed by atoms with Crippen LogP contribution in [0.3, 0.4) is 0 Å². The second-order valence-electron chi connectivity index (χ2n) is 4.73. The molecule has 1 aromatic carbocycles. The molecule has 2 aromatic rings. The van der Waals surface area contributed by atoms with Crippen LogP contribution in [-0.4, -0.2) is 17.4 Å². The number of ether oxygens (including phenoxy) is 1.